The van der Waals surface area contributed by atoms with E-state index in [9.17, 15) is 14.7 Å². The summed E-state index contributed by atoms with van der Waals surface area (Å²) < 4.78 is 0. The Morgan fingerprint density at radius 2 is 2.14 bits per heavy atom. The van der Waals surface area contributed by atoms with Crippen molar-refractivity contribution in [2.75, 3.05) is 11.9 Å². The maximum absolute atomic E-state index is 12.2. The molecule has 0 aliphatic carbocycles. The van der Waals surface area contributed by atoms with Crippen LogP contribution >= 0.6 is 0 Å². The minimum Gasteiger partial charge on any atom is -0.392 e. The number of anilines is 1. The lowest BCUT2D eigenvalue weighted by Gasteiger charge is -2.08. The summed E-state index contributed by atoms with van der Waals surface area (Å²) in [7, 11) is 0. The first-order valence-corrected chi connectivity index (χ1v) is 6.85. The van der Waals surface area contributed by atoms with Gasteiger partial charge in [-0.25, -0.2) is 4.98 Å². The number of carbonyl (C=O) groups is 2. The Hall–Kier alpha value is -2.67. The number of hydrogen-bond acceptors (Lipinski definition) is 4. The number of H-pyrrole nitrogens is 1. The van der Waals surface area contributed by atoms with Gasteiger partial charge in [0.15, 0.2) is 5.69 Å². The number of amides is 2. The zero-order chi connectivity index (χ0) is 16.1. The maximum Gasteiger partial charge on any atom is 0.276 e. The smallest absolute Gasteiger partial charge is 0.276 e. The highest BCUT2D eigenvalue weighted by Crippen LogP contribution is 2.12. The topological polar surface area (TPSA) is 107 Å². The minimum absolute atomic E-state index is 0.00426. The monoisotopic (exact) mass is 302 g/mol. The second kappa shape index (κ2) is 6.86. The zero-order valence-corrected chi connectivity index (χ0v) is 12.4. The first-order valence-electron chi connectivity index (χ1n) is 6.85. The predicted octanol–water partition coefficient (Wildman–Crippen LogP) is 1.08. The van der Waals surface area contributed by atoms with Crippen LogP contribution in [0.15, 0.2) is 30.6 Å². The molecular weight excluding hydrogens is 284 g/mol. The largest absolute Gasteiger partial charge is 0.392 e. The summed E-state index contributed by atoms with van der Waals surface area (Å²) >= 11 is 0. The van der Waals surface area contributed by atoms with Crippen molar-refractivity contribution >= 4 is 17.5 Å². The molecule has 1 heterocycles. The third-order valence-electron chi connectivity index (χ3n) is 2.92. The van der Waals surface area contributed by atoms with Gasteiger partial charge in [-0.2, -0.15) is 0 Å². The number of aromatic nitrogens is 2. The van der Waals surface area contributed by atoms with E-state index in [2.05, 4.69) is 20.6 Å². The van der Waals surface area contributed by atoms with Gasteiger partial charge in [0, 0.05) is 12.2 Å². The number of rotatable bonds is 5. The fourth-order valence-electron chi connectivity index (χ4n) is 1.88. The molecule has 0 bridgehead atoms. The maximum atomic E-state index is 12.2. The molecule has 1 atom stereocenters. The van der Waals surface area contributed by atoms with Crippen molar-refractivity contribution < 1.29 is 14.7 Å². The Balaban J connectivity index is 2.11. The normalized spacial score (nSPS) is 11.8. The fourth-order valence-corrected chi connectivity index (χ4v) is 1.88. The van der Waals surface area contributed by atoms with E-state index in [1.165, 1.54) is 6.33 Å². The minimum atomic E-state index is -0.670. The van der Waals surface area contributed by atoms with Gasteiger partial charge in [-0.1, -0.05) is 12.1 Å². The van der Waals surface area contributed by atoms with Crippen LogP contribution in [0, 0.1) is 6.92 Å². The van der Waals surface area contributed by atoms with Crippen LogP contribution in [0.1, 0.15) is 33.5 Å². The first kappa shape index (κ1) is 15.7. The number of nitrogens with one attached hydrogen (secondary N) is 3. The van der Waals surface area contributed by atoms with Crippen molar-refractivity contribution in [3.63, 3.8) is 0 Å². The first-order chi connectivity index (χ1) is 10.5. The molecule has 4 N–H and O–H groups in total. The summed E-state index contributed by atoms with van der Waals surface area (Å²) in [4.78, 5) is 30.7. The van der Waals surface area contributed by atoms with Crippen molar-refractivity contribution in [3.05, 3.63) is 47.5 Å². The summed E-state index contributed by atoms with van der Waals surface area (Å²) in [6, 6.07) is 7.31. The van der Waals surface area contributed by atoms with E-state index in [1.54, 1.807) is 13.0 Å². The molecule has 0 unspecified atom stereocenters. The van der Waals surface area contributed by atoms with Gasteiger partial charge in [0.05, 0.1) is 12.4 Å². The Morgan fingerprint density at radius 3 is 2.82 bits per heavy atom. The van der Waals surface area contributed by atoms with Crippen LogP contribution in [0.5, 0.6) is 0 Å². The summed E-state index contributed by atoms with van der Waals surface area (Å²) in [5, 5.41) is 14.4. The van der Waals surface area contributed by atoms with Crippen LogP contribution in [0.2, 0.25) is 0 Å². The molecule has 2 aromatic rings. The molecule has 0 saturated carbocycles. The Labute approximate surface area is 127 Å². The molecule has 7 nitrogen and oxygen atoms in total. The summed E-state index contributed by atoms with van der Waals surface area (Å²) in [6.45, 7) is 3.56. The number of aliphatic hydroxyl groups is 1. The Kier molecular flexibility index (Phi) is 4.90. The molecule has 1 aromatic heterocycles. The van der Waals surface area contributed by atoms with Crippen molar-refractivity contribution in [2.45, 2.75) is 20.0 Å². The number of carbonyl (C=O) groups excluding carboxylic acids is 2. The molecule has 7 heteroatoms. The number of aryl methyl sites for hydroxylation is 1. The molecule has 2 rings (SSSR count). The van der Waals surface area contributed by atoms with Gasteiger partial charge in [0.2, 0.25) is 0 Å². The SMILES string of the molecule is Cc1cccc(NC(=O)c2nc[nH]c2C(=O)NC[C@@H](C)O)c1. The van der Waals surface area contributed by atoms with Crippen LogP contribution in [-0.4, -0.2) is 39.5 Å². The highest BCUT2D eigenvalue weighted by molar-refractivity contribution is 6.10. The van der Waals surface area contributed by atoms with Crippen molar-refractivity contribution in [3.8, 4) is 0 Å². The second-order valence-corrected chi connectivity index (χ2v) is 5.01. The van der Waals surface area contributed by atoms with Gasteiger partial charge < -0.3 is 20.7 Å². The van der Waals surface area contributed by atoms with Gasteiger partial charge in [-0.15, -0.1) is 0 Å². The van der Waals surface area contributed by atoms with E-state index in [4.69, 9.17) is 0 Å². The lowest BCUT2D eigenvalue weighted by Crippen LogP contribution is -2.32. The number of aromatic amines is 1. The second-order valence-electron chi connectivity index (χ2n) is 5.01. The van der Waals surface area contributed by atoms with E-state index in [-0.39, 0.29) is 17.9 Å². The van der Waals surface area contributed by atoms with E-state index >= 15 is 0 Å². The van der Waals surface area contributed by atoms with Crippen LogP contribution in [0.25, 0.3) is 0 Å². The summed E-state index contributed by atoms with van der Waals surface area (Å²) in [5.41, 5.74) is 1.70. The average Bonchev–Trinajstić information content (AvgIpc) is 2.94. The van der Waals surface area contributed by atoms with Crippen molar-refractivity contribution in [1.82, 2.24) is 15.3 Å². The lowest BCUT2D eigenvalue weighted by atomic mass is 10.2. The molecule has 0 aliphatic heterocycles. The average molecular weight is 302 g/mol. The van der Waals surface area contributed by atoms with Gasteiger partial charge in [-0.3, -0.25) is 9.59 Å². The molecule has 2 amide bonds. The predicted molar refractivity (Wildman–Crippen MR) is 81.7 cm³/mol. The summed E-state index contributed by atoms with van der Waals surface area (Å²) in [5.74, 6) is -0.971. The highest BCUT2D eigenvalue weighted by Gasteiger charge is 2.20. The number of imidazole rings is 1. The molecule has 0 fully saturated rings. The Morgan fingerprint density at radius 1 is 1.36 bits per heavy atom. The van der Waals surface area contributed by atoms with E-state index in [1.807, 2.05) is 25.1 Å². The lowest BCUT2D eigenvalue weighted by molar-refractivity contribution is 0.0909. The quantitative estimate of drug-likeness (QED) is 0.663. The molecule has 22 heavy (non-hydrogen) atoms. The van der Waals surface area contributed by atoms with Gasteiger partial charge in [0.1, 0.15) is 5.69 Å². The standard InChI is InChI=1S/C15H18N4O3/c1-9-4-3-5-11(6-9)19-15(22)13-12(17-8-18-13)14(21)16-7-10(2)20/h3-6,8,10,20H,7H2,1-2H3,(H,16,21)(H,17,18)(H,19,22)/t10-/m1/s1. The number of benzene rings is 1. The van der Waals surface area contributed by atoms with Gasteiger partial charge in [-0.05, 0) is 31.5 Å². The number of aliphatic hydroxyl groups excluding tert-OH is 1. The molecular formula is C15H18N4O3. The van der Waals surface area contributed by atoms with Crippen LogP contribution in [0.3, 0.4) is 0 Å². The van der Waals surface area contributed by atoms with Gasteiger partial charge >= 0.3 is 0 Å². The molecule has 0 spiro atoms. The third-order valence-corrected chi connectivity index (χ3v) is 2.92. The van der Waals surface area contributed by atoms with E-state index < -0.39 is 17.9 Å². The van der Waals surface area contributed by atoms with Crippen LogP contribution < -0.4 is 10.6 Å². The van der Waals surface area contributed by atoms with Gasteiger partial charge in [0.25, 0.3) is 11.8 Å². The Bertz CT molecular complexity index is 679. The zero-order valence-electron chi connectivity index (χ0n) is 12.4. The number of hydrogen-bond donors (Lipinski definition) is 4. The molecule has 0 saturated heterocycles. The van der Waals surface area contributed by atoms with Crippen molar-refractivity contribution in [1.29, 1.82) is 0 Å². The third kappa shape index (κ3) is 3.92. The summed E-state index contributed by atoms with van der Waals surface area (Å²) in [6.07, 6.45) is 0.610. The molecule has 116 valence electrons. The highest BCUT2D eigenvalue weighted by atomic mass is 16.3. The van der Waals surface area contributed by atoms with Crippen LogP contribution in [0.4, 0.5) is 5.69 Å². The van der Waals surface area contributed by atoms with Crippen LogP contribution in [-0.2, 0) is 0 Å². The molecule has 0 radical (unpaired) electrons. The number of nitrogens with zero attached hydrogens (tertiary/aromatic N) is 1. The van der Waals surface area contributed by atoms with E-state index in [0.717, 1.165) is 5.56 Å². The fraction of sp³-hybridized carbons (Fsp3) is 0.267. The van der Waals surface area contributed by atoms with Crippen molar-refractivity contribution in [2.24, 2.45) is 0 Å². The molecule has 0 aliphatic rings. The van der Waals surface area contributed by atoms with E-state index in [0.29, 0.717) is 5.69 Å². The molecule has 1 aromatic carbocycles.